The maximum atomic E-state index is 13.5. The molecule has 1 fully saturated rings. The highest BCUT2D eigenvalue weighted by Gasteiger charge is 2.30. The predicted molar refractivity (Wildman–Crippen MR) is 124 cm³/mol. The van der Waals surface area contributed by atoms with E-state index in [9.17, 15) is 23.1 Å². The number of pyridine rings is 1. The van der Waals surface area contributed by atoms with E-state index >= 15 is 0 Å². The van der Waals surface area contributed by atoms with Gasteiger partial charge in [0.15, 0.2) is 0 Å². The highest BCUT2D eigenvalue weighted by atomic mass is 19.4. The molecule has 178 valence electrons. The van der Waals surface area contributed by atoms with Gasteiger partial charge in [0, 0.05) is 30.6 Å². The van der Waals surface area contributed by atoms with Gasteiger partial charge >= 0.3 is 6.18 Å². The van der Waals surface area contributed by atoms with Crippen LogP contribution in [0.3, 0.4) is 0 Å². The molecule has 10 heteroatoms. The van der Waals surface area contributed by atoms with Crippen molar-refractivity contribution in [2.75, 3.05) is 7.05 Å². The van der Waals surface area contributed by atoms with E-state index in [1.54, 1.807) is 7.05 Å². The highest BCUT2D eigenvalue weighted by molar-refractivity contribution is 6.13. The molecule has 0 saturated heterocycles. The summed E-state index contributed by atoms with van der Waals surface area (Å²) in [6.45, 7) is 0. The maximum absolute atomic E-state index is 13.5. The lowest BCUT2D eigenvalue weighted by Gasteiger charge is -2.29. The van der Waals surface area contributed by atoms with Crippen LogP contribution in [-0.2, 0) is 6.18 Å². The van der Waals surface area contributed by atoms with Crippen LogP contribution in [0.4, 0.5) is 13.2 Å². The van der Waals surface area contributed by atoms with Crippen LogP contribution in [0.2, 0.25) is 0 Å². The van der Waals surface area contributed by atoms with Gasteiger partial charge < -0.3 is 10.8 Å². The topological polar surface area (TPSA) is 106 Å². The zero-order valence-electron chi connectivity index (χ0n) is 18.5. The normalized spacial score (nSPS) is 19.7. The van der Waals surface area contributed by atoms with Gasteiger partial charge in [-0.1, -0.05) is 25.0 Å². The first kappa shape index (κ1) is 23.6. The molecule has 3 aromatic rings. The molecule has 1 aromatic carbocycles. The number of fused-ring (bicyclic) bond motifs is 1. The Hall–Kier alpha value is -3.53. The number of aliphatic hydroxyl groups is 1. The summed E-state index contributed by atoms with van der Waals surface area (Å²) in [7, 11) is 1.55. The predicted octanol–water partition coefficient (Wildman–Crippen LogP) is 3.95. The van der Waals surface area contributed by atoms with Gasteiger partial charge in [-0.15, -0.1) is 0 Å². The second kappa shape index (κ2) is 9.38. The molecule has 1 saturated carbocycles. The first-order chi connectivity index (χ1) is 16.2. The quantitative estimate of drug-likeness (QED) is 0.561. The van der Waals surface area contributed by atoms with Crippen LogP contribution >= 0.6 is 0 Å². The number of aromatic nitrogens is 3. The Morgan fingerprint density at radius 1 is 1.24 bits per heavy atom. The molecule has 7 nitrogen and oxygen atoms in total. The Morgan fingerprint density at radius 3 is 2.56 bits per heavy atom. The molecule has 2 aromatic heterocycles. The lowest BCUT2D eigenvalue weighted by atomic mass is 9.92. The van der Waals surface area contributed by atoms with Gasteiger partial charge in [0.1, 0.15) is 11.2 Å². The van der Waals surface area contributed by atoms with Gasteiger partial charge in [0.25, 0.3) is 5.56 Å². The number of nitrogens with two attached hydrogens (primary N) is 1. The molecule has 2 unspecified atom stereocenters. The Labute approximate surface area is 193 Å². The van der Waals surface area contributed by atoms with E-state index in [4.69, 9.17) is 5.73 Å². The lowest BCUT2D eigenvalue weighted by Crippen LogP contribution is -2.35. The molecule has 0 bridgehead atoms. The molecule has 2 heterocycles. The summed E-state index contributed by atoms with van der Waals surface area (Å²) in [5.74, 6) is 0. The number of alkyl halides is 3. The van der Waals surface area contributed by atoms with Crippen LogP contribution in [0.25, 0.3) is 27.7 Å². The summed E-state index contributed by atoms with van der Waals surface area (Å²) in [5.41, 5.74) is 6.30. The van der Waals surface area contributed by atoms with E-state index in [1.807, 2.05) is 0 Å². The third-order valence-electron chi connectivity index (χ3n) is 6.05. The minimum absolute atomic E-state index is 0.226. The number of benzene rings is 1. The first-order valence-electron chi connectivity index (χ1n) is 10.9. The van der Waals surface area contributed by atoms with Crippen molar-refractivity contribution in [1.29, 1.82) is 0 Å². The third kappa shape index (κ3) is 4.45. The van der Waals surface area contributed by atoms with E-state index in [1.165, 1.54) is 41.5 Å². The smallest absolute Gasteiger partial charge is 0.404 e. The summed E-state index contributed by atoms with van der Waals surface area (Å²) in [4.78, 5) is 26.5. The number of allylic oxidation sites excluding steroid dienone is 1. The SMILES string of the molecule is CN=CC(=CN)c1nc(-c2ccc(C(F)(F)F)cc2)cc2c(=O)n(C3CCCCC3O)cnc12. The zero-order chi connectivity index (χ0) is 24.5. The second-order valence-electron chi connectivity index (χ2n) is 8.21. The first-order valence-corrected chi connectivity index (χ1v) is 10.9. The number of hydrogen-bond acceptors (Lipinski definition) is 6. The van der Waals surface area contributed by atoms with Crippen molar-refractivity contribution in [3.05, 3.63) is 64.5 Å². The molecule has 34 heavy (non-hydrogen) atoms. The fourth-order valence-electron chi connectivity index (χ4n) is 4.30. The minimum atomic E-state index is -4.47. The van der Waals surface area contributed by atoms with Crippen LogP contribution < -0.4 is 11.3 Å². The average molecular weight is 471 g/mol. The van der Waals surface area contributed by atoms with Gasteiger partial charge in [-0.25, -0.2) is 9.97 Å². The number of nitrogens with zero attached hydrogens (tertiary/aromatic N) is 4. The number of halogens is 3. The van der Waals surface area contributed by atoms with Crippen LogP contribution in [-0.4, -0.2) is 39.0 Å². The highest BCUT2D eigenvalue weighted by Crippen LogP contribution is 2.32. The van der Waals surface area contributed by atoms with Crippen molar-refractivity contribution in [2.24, 2.45) is 10.7 Å². The average Bonchev–Trinajstić information content (AvgIpc) is 2.82. The maximum Gasteiger partial charge on any atom is 0.416 e. The Morgan fingerprint density at radius 2 is 1.94 bits per heavy atom. The van der Waals surface area contributed by atoms with E-state index in [0.29, 0.717) is 35.2 Å². The fourth-order valence-corrected chi connectivity index (χ4v) is 4.30. The Balaban J connectivity index is 1.94. The van der Waals surface area contributed by atoms with E-state index in [0.717, 1.165) is 25.0 Å². The molecule has 0 amide bonds. The number of rotatable bonds is 4. The standard InChI is InChI=1S/C24H24F3N5O2/c1-29-12-15(11-28)21-22-17(23(34)32(13-30-22)19-4-2-3-5-20(19)33)10-18(31-21)14-6-8-16(9-7-14)24(25,26)27/h6-13,19-20,33H,2-5,28H2,1H3. The van der Waals surface area contributed by atoms with Gasteiger partial charge in [-0.2, -0.15) is 13.2 Å². The molecular formula is C24H24F3N5O2. The van der Waals surface area contributed by atoms with Gasteiger partial charge in [-0.3, -0.25) is 14.4 Å². The van der Waals surface area contributed by atoms with Crippen LogP contribution in [0, 0.1) is 0 Å². The molecular weight excluding hydrogens is 447 g/mol. The molecule has 0 spiro atoms. The van der Waals surface area contributed by atoms with Crippen molar-refractivity contribution >= 4 is 22.7 Å². The van der Waals surface area contributed by atoms with E-state index in [-0.39, 0.29) is 16.6 Å². The molecule has 0 aliphatic heterocycles. The van der Waals surface area contributed by atoms with Crippen molar-refractivity contribution < 1.29 is 18.3 Å². The Kier molecular flexibility index (Phi) is 6.52. The summed E-state index contributed by atoms with van der Waals surface area (Å²) in [5, 5.41) is 10.7. The fraction of sp³-hybridized carbons (Fsp3) is 0.333. The molecule has 0 radical (unpaired) electrons. The third-order valence-corrected chi connectivity index (χ3v) is 6.05. The van der Waals surface area contributed by atoms with Gasteiger partial charge in [-0.05, 0) is 31.0 Å². The van der Waals surface area contributed by atoms with Crippen LogP contribution in [0.15, 0.2) is 52.6 Å². The van der Waals surface area contributed by atoms with Crippen LogP contribution in [0.1, 0.15) is 43.0 Å². The monoisotopic (exact) mass is 471 g/mol. The van der Waals surface area contributed by atoms with E-state index < -0.39 is 23.9 Å². The van der Waals surface area contributed by atoms with Gasteiger partial charge in [0.05, 0.1) is 35.1 Å². The summed E-state index contributed by atoms with van der Waals surface area (Å²) in [6, 6.07) is 5.66. The molecule has 2 atom stereocenters. The minimum Gasteiger partial charge on any atom is -0.404 e. The molecule has 4 rings (SSSR count). The summed E-state index contributed by atoms with van der Waals surface area (Å²) < 4.78 is 40.5. The van der Waals surface area contributed by atoms with Gasteiger partial charge in [0.2, 0.25) is 0 Å². The second-order valence-corrected chi connectivity index (χ2v) is 8.21. The largest absolute Gasteiger partial charge is 0.416 e. The van der Waals surface area contributed by atoms with Crippen molar-refractivity contribution in [3.63, 3.8) is 0 Å². The number of aliphatic hydroxyl groups excluding tert-OH is 1. The van der Waals surface area contributed by atoms with Crippen molar-refractivity contribution in [2.45, 2.75) is 44.0 Å². The molecule has 1 aliphatic carbocycles. The van der Waals surface area contributed by atoms with Crippen LogP contribution in [0.5, 0.6) is 0 Å². The summed E-state index contributed by atoms with van der Waals surface area (Å²) >= 11 is 0. The summed E-state index contributed by atoms with van der Waals surface area (Å²) in [6.07, 6.45) is 2.05. The van der Waals surface area contributed by atoms with Crippen molar-refractivity contribution in [1.82, 2.24) is 14.5 Å². The zero-order valence-corrected chi connectivity index (χ0v) is 18.5. The molecule has 3 N–H and O–H groups in total. The molecule has 1 aliphatic rings. The Bertz CT molecular complexity index is 1310. The number of aliphatic imine (C=N–C) groups is 1. The van der Waals surface area contributed by atoms with Crippen molar-refractivity contribution in [3.8, 4) is 11.3 Å². The lowest BCUT2D eigenvalue weighted by molar-refractivity contribution is -0.137. The van der Waals surface area contributed by atoms with E-state index in [2.05, 4.69) is 15.0 Å². The number of hydrogen-bond donors (Lipinski definition) is 2.